The van der Waals surface area contributed by atoms with Gasteiger partial charge in [-0.2, -0.15) is 0 Å². The molecular weight excluding hydrogens is 287 g/mol. The smallest absolute Gasteiger partial charge is 0.266 e. The molecule has 1 saturated carbocycles. The Kier molecular flexibility index (Phi) is 3.85. The minimum Gasteiger partial charge on any atom is -0.397 e. The Hall–Kier alpha value is -1.62. The normalized spacial score (nSPS) is 15.1. The van der Waals surface area contributed by atoms with Crippen LogP contribution < -0.4 is 5.73 Å². The molecule has 5 heteroatoms. The number of rotatable bonds is 4. The molecule has 21 heavy (non-hydrogen) atoms. The van der Waals surface area contributed by atoms with Gasteiger partial charge >= 0.3 is 0 Å². The van der Waals surface area contributed by atoms with E-state index in [2.05, 4.69) is 0 Å². The molecule has 3 nitrogen and oxygen atoms in total. The fourth-order valence-corrected chi connectivity index (χ4v) is 3.88. The van der Waals surface area contributed by atoms with Crippen LogP contribution in [0.25, 0.3) is 10.1 Å². The summed E-state index contributed by atoms with van der Waals surface area (Å²) in [7, 11) is 0. The maximum atomic E-state index is 13.9. The summed E-state index contributed by atoms with van der Waals surface area (Å²) >= 11 is 1.29. The molecule has 0 atom stereocenters. The zero-order valence-corrected chi connectivity index (χ0v) is 12.9. The molecule has 0 bridgehead atoms. The first-order chi connectivity index (χ1) is 10.1. The number of halogens is 1. The Balaban J connectivity index is 1.92. The lowest BCUT2D eigenvalue weighted by molar-refractivity contribution is 0.0712. The molecule has 0 radical (unpaired) electrons. The number of hydrogen-bond donors (Lipinski definition) is 1. The van der Waals surface area contributed by atoms with Crippen molar-refractivity contribution in [2.24, 2.45) is 5.92 Å². The van der Waals surface area contributed by atoms with Crippen LogP contribution in [0.5, 0.6) is 0 Å². The Bertz CT molecular complexity index is 678. The number of thiophene rings is 1. The van der Waals surface area contributed by atoms with Crippen molar-refractivity contribution in [3.8, 4) is 0 Å². The molecule has 1 aromatic heterocycles. The monoisotopic (exact) mass is 306 g/mol. The number of hydrogen-bond acceptors (Lipinski definition) is 3. The Morgan fingerprint density at radius 1 is 1.48 bits per heavy atom. The van der Waals surface area contributed by atoms with E-state index >= 15 is 0 Å². The number of amides is 1. The van der Waals surface area contributed by atoms with Crippen LogP contribution in [-0.2, 0) is 0 Å². The minimum atomic E-state index is -0.359. The third-order valence-electron chi connectivity index (χ3n) is 4.27. The van der Waals surface area contributed by atoms with E-state index in [9.17, 15) is 9.18 Å². The highest BCUT2D eigenvalue weighted by Crippen LogP contribution is 2.36. The molecule has 2 aromatic rings. The summed E-state index contributed by atoms with van der Waals surface area (Å²) in [5.41, 5.74) is 6.32. The molecule has 0 unspecified atom stereocenters. The van der Waals surface area contributed by atoms with Crippen LogP contribution in [0.4, 0.5) is 10.1 Å². The van der Waals surface area contributed by atoms with Gasteiger partial charge in [-0.15, -0.1) is 11.3 Å². The number of nitrogens with zero attached hydrogens (tertiary/aromatic N) is 1. The number of benzene rings is 1. The number of nitrogens with two attached hydrogens (primary N) is 1. The van der Waals surface area contributed by atoms with Gasteiger partial charge in [0.2, 0.25) is 0 Å². The fraction of sp³-hybridized carbons (Fsp3) is 0.438. The molecule has 0 saturated heterocycles. The number of carbonyl (C=O) groups excluding carboxylic acids is 1. The molecule has 2 N–H and O–H groups in total. The van der Waals surface area contributed by atoms with Crippen LogP contribution >= 0.6 is 11.3 Å². The van der Waals surface area contributed by atoms with Crippen LogP contribution in [0, 0.1) is 11.7 Å². The van der Waals surface area contributed by atoms with Gasteiger partial charge in [-0.3, -0.25) is 4.79 Å². The molecule has 112 valence electrons. The van der Waals surface area contributed by atoms with Crippen LogP contribution in [0.2, 0.25) is 0 Å². The van der Waals surface area contributed by atoms with E-state index in [-0.39, 0.29) is 17.4 Å². The standard InChI is InChI=1S/C16H19FN2OS/c1-2-19(9-10-5-3-6-10)16(20)15-14(18)13-11(17)7-4-8-12(13)21-15/h4,7-8,10H,2-3,5-6,9,18H2,1H3. The van der Waals surface area contributed by atoms with Gasteiger partial charge in [0.25, 0.3) is 5.91 Å². The van der Waals surface area contributed by atoms with Gasteiger partial charge in [-0.1, -0.05) is 12.5 Å². The molecule has 1 aliphatic rings. The first kappa shape index (κ1) is 14.3. The average Bonchev–Trinajstić information content (AvgIpc) is 2.76. The van der Waals surface area contributed by atoms with Gasteiger partial charge in [0.15, 0.2) is 0 Å². The molecule has 0 spiro atoms. The maximum Gasteiger partial charge on any atom is 0.266 e. The van der Waals surface area contributed by atoms with Gasteiger partial charge in [-0.05, 0) is 37.8 Å². The third kappa shape index (κ3) is 2.50. The van der Waals surface area contributed by atoms with E-state index in [1.807, 2.05) is 11.8 Å². The zero-order chi connectivity index (χ0) is 15.0. The second-order valence-electron chi connectivity index (χ2n) is 5.60. The van der Waals surface area contributed by atoms with Gasteiger partial charge in [0.05, 0.1) is 11.1 Å². The van der Waals surface area contributed by atoms with Gasteiger partial charge in [0, 0.05) is 17.8 Å². The SMILES string of the molecule is CCN(CC1CCC1)C(=O)c1sc2cccc(F)c2c1N. The van der Waals surface area contributed by atoms with E-state index < -0.39 is 0 Å². The van der Waals surface area contributed by atoms with Gasteiger partial charge in [0.1, 0.15) is 10.7 Å². The van der Waals surface area contributed by atoms with Crippen molar-refractivity contribution in [2.45, 2.75) is 26.2 Å². The highest BCUT2D eigenvalue weighted by atomic mass is 32.1. The number of carbonyl (C=O) groups is 1. The Morgan fingerprint density at radius 2 is 2.24 bits per heavy atom. The molecule has 1 fully saturated rings. The molecule has 3 rings (SSSR count). The molecule has 1 amide bonds. The topological polar surface area (TPSA) is 46.3 Å². The van der Waals surface area contributed by atoms with Crippen molar-refractivity contribution in [3.63, 3.8) is 0 Å². The average molecular weight is 306 g/mol. The first-order valence-corrected chi connectivity index (χ1v) is 8.19. The zero-order valence-electron chi connectivity index (χ0n) is 12.1. The van der Waals surface area contributed by atoms with Crippen molar-refractivity contribution in [1.82, 2.24) is 4.90 Å². The van der Waals surface area contributed by atoms with Crippen LogP contribution in [0.15, 0.2) is 18.2 Å². The lowest BCUT2D eigenvalue weighted by Crippen LogP contribution is -2.37. The van der Waals surface area contributed by atoms with E-state index in [0.717, 1.165) is 11.2 Å². The minimum absolute atomic E-state index is 0.0671. The maximum absolute atomic E-state index is 13.9. The third-order valence-corrected chi connectivity index (χ3v) is 5.43. The largest absolute Gasteiger partial charge is 0.397 e. The molecule has 1 aromatic carbocycles. The van der Waals surface area contributed by atoms with E-state index in [0.29, 0.717) is 22.7 Å². The number of anilines is 1. The van der Waals surface area contributed by atoms with Crippen molar-refractivity contribution >= 4 is 33.0 Å². The summed E-state index contributed by atoms with van der Waals surface area (Å²) in [6.45, 7) is 3.41. The van der Waals surface area contributed by atoms with Crippen molar-refractivity contribution < 1.29 is 9.18 Å². The summed E-state index contributed by atoms with van der Waals surface area (Å²) in [5.74, 6) is 0.186. The van der Waals surface area contributed by atoms with Crippen molar-refractivity contribution in [1.29, 1.82) is 0 Å². The molecule has 1 aliphatic carbocycles. The predicted molar refractivity (Wildman–Crippen MR) is 85.1 cm³/mol. The quantitative estimate of drug-likeness (QED) is 0.931. The second-order valence-corrected chi connectivity index (χ2v) is 6.65. The van der Waals surface area contributed by atoms with Gasteiger partial charge in [-0.25, -0.2) is 4.39 Å². The number of fused-ring (bicyclic) bond motifs is 1. The Morgan fingerprint density at radius 3 is 2.81 bits per heavy atom. The second kappa shape index (κ2) is 5.64. The lowest BCUT2D eigenvalue weighted by Gasteiger charge is -2.31. The van der Waals surface area contributed by atoms with Crippen molar-refractivity contribution in [3.05, 3.63) is 28.9 Å². The molecule has 1 heterocycles. The molecule has 0 aliphatic heterocycles. The summed E-state index contributed by atoms with van der Waals surface area (Å²) in [6.07, 6.45) is 3.65. The summed E-state index contributed by atoms with van der Waals surface area (Å²) < 4.78 is 14.6. The lowest BCUT2D eigenvalue weighted by atomic mass is 9.85. The predicted octanol–water partition coefficient (Wildman–Crippen LogP) is 3.88. The summed E-state index contributed by atoms with van der Waals surface area (Å²) in [4.78, 5) is 15.0. The summed E-state index contributed by atoms with van der Waals surface area (Å²) in [5, 5.41) is 0.380. The van der Waals surface area contributed by atoms with Crippen LogP contribution in [0.3, 0.4) is 0 Å². The Labute approximate surface area is 127 Å². The van der Waals surface area contributed by atoms with E-state index in [4.69, 9.17) is 5.73 Å². The van der Waals surface area contributed by atoms with Crippen molar-refractivity contribution in [2.75, 3.05) is 18.8 Å². The first-order valence-electron chi connectivity index (χ1n) is 7.37. The molecular formula is C16H19FN2OS. The van der Waals surface area contributed by atoms with E-state index in [1.165, 1.54) is 36.7 Å². The van der Waals surface area contributed by atoms with Gasteiger partial charge < -0.3 is 10.6 Å². The fourth-order valence-electron chi connectivity index (χ4n) is 2.77. The number of nitrogen functional groups attached to an aromatic ring is 1. The summed E-state index contributed by atoms with van der Waals surface area (Å²) in [6, 6.07) is 4.83. The van der Waals surface area contributed by atoms with Crippen LogP contribution in [0.1, 0.15) is 35.9 Å². The highest BCUT2D eigenvalue weighted by Gasteiger charge is 2.26. The van der Waals surface area contributed by atoms with E-state index in [1.54, 1.807) is 12.1 Å². The van der Waals surface area contributed by atoms with Crippen LogP contribution in [-0.4, -0.2) is 23.9 Å². The highest BCUT2D eigenvalue weighted by molar-refractivity contribution is 7.21.